The van der Waals surface area contributed by atoms with Crippen LogP contribution >= 0.6 is 0 Å². The van der Waals surface area contributed by atoms with Crippen LogP contribution in [0.4, 0.5) is 0 Å². The summed E-state index contributed by atoms with van der Waals surface area (Å²) in [6.07, 6.45) is 10.1. The molecule has 0 amide bonds. The fourth-order valence-corrected chi connectivity index (χ4v) is 4.66. The molecule has 0 aromatic heterocycles. The van der Waals surface area contributed by atoms with E-state index in [1.165, 1.54) is 24.0 Å². The lowest BCUT2D eigenvalue weighted by Gasteiger charge is -2.40. The summed E-state index contributed by atoms with van der Waals surface area (Å²) in [6, 6.07) is 8.72. The van der Waals surface area contributed by atoms with Crippen LogP contribution in [-0.4, -0.2) is 37.9 Å². The Morgan fingerprint density at radius 3 is 2.89 bits per heavy atom. The van der Waals surface area contributed by atoms with Crippen LogP contribution < -0.4 is 15.4 Å². The molecule has 28 heavy (non-hydrogen) atoms. The number of hydrogen-bond donors (Lipinski definition) is 2. The summed E-state index contributed by atoms with van der Waals surface area (Å²) in [5.74, 6) is 1.95. The average Bonchev–Trinajstić information content (AvgIpc) is 3.16. The Kier molecular flexibility index (Phi) is 6.20. The smallest absolute Gasteiger partial charge is 0.191 e. The number of nitrogens with one attached hydrogen (secondary N) is 2. The molecule has 1 atom stereocenters. The van der Waals surface area contributed by atoms with Crippen LogP contribution in [0.25, 0.3) is 0 Å². The lowest BCUT2D eigenvalue weighted by atomic mass is 9.86. The van der Waals surface area contributed by atoms with Crippen LogP contribution in [0.1, 0.15) is 63.5 Å². The predicted octanol–water partition coefficient (Wildman–Crippen LogP) is 4.11. The second kappa shape index (κ2) is 8.99. The Bertz CT molecular complexity index is 722. The van der Waals surface area contributed by atoms with Crippen molar-refractivity contribution in [1.29, 1.82) is 0 Å². The van der Waals surface area contributed by atoms with Crippen molar-refractivity contribution in [2.75, 3.05) is 26.3 Å². The van der Waals surface area contributed by atoms with E-state index in [4.69, 9.17) is 14.5 Å². The molecule has 2 N–H and O–H groups in total. The molecule has 2 heterocycles. The first-order valence-corrected chi connectivity index (χ1v) is 10.9. The Morgan fingerprint density at radius 1 is 1.25 bits per heavy atom. The third-order valence-corrected chi connectivity index (χ3v) is 6.13. The van der Waals surface area contributed by atoms with Gasteiger partial charge in [-0.05, 0) is 51.5 Å². The zero-order valence-electron chi connectivity index (χ0n) is 17.0. The molecule has 1 unspecified atom stereocenters. The topological polar surface area (TPSA) is 54.9 Å². The summed E-state index contributed by atoms with van der Waals surface area (Å²) in [6.45, 7) is 5.37. The van der Waals surface area contributed by atoms with E-state index in [0.717, 1.165) is 70.1 Å². The maximum Gasteiger partial charge on any atom is 0.191 e. The number of ether oxygens (including phenoxy) is 2. The van der Waals surface area contributed by atoms with Crippen molar-refractivity contribution in [3.05, 3.63) is 41.5 Å². The zero-order chi connectivity index (χ0) is 19.2. The van der Waals surface area contributed by atoms with E-state index >= 15 is 0 Å². The largest absolute Gasteiger partial charge is 0.487 e. The van der Waals surface area contributed by atoms with Crippen molar-refractivity contribution in [1.82, 2.24) is 10.6 Å². The van der Waals surface area contributed by atoms with E-state index in [2.05, 4.69) is 47.9 Å². The van der Waals surface area contributed by atoms with Crippen LogP contribution in [-0.2, 0) is 4.74 Å². The predicted molar refractivity (Wildman–Crippen MR) is 113 cm³/mol. The van der Waals surface area contributed by atoms with E-state index in [9.17, 15) is 0 Å². The highest BCUT2D eigenvalue weighted by atomic mass is 16.5. The molecule has 0 radical (unpaired) electrons. The quantitative estimate of drug-likeness (QED) is 0.456. The Labute approximate surface area is 168 Å². The number of nitrogens with zero attached hydrogens (tertiary/aromatic N) is 1. The minimum atomic E-state index is -0.00372. The van der Waals surface area contributed by atoms with E-state index in [0.29, 0.717) is 0 Å². The number of hydrogen-bond acceptors (Lipinski definition) is 3. The Morgan fingerprint density at radius 2 is 2.11 bits per heavy atom. The van der Waals surface area contributed by atoms with Crippen LogP contribution in [0.3, 0.4) is 0 Å². The number of aliphatic imine (C=N–C) groups is 1. The van der Waals surface area contributed by atoms with Gasteiger partial charge in [0.25, 0.3) is 0 Å². The third kappa shape index (κ3) is 4.52. The van der Waals surface area contributed by atoms with Gasteiger partial charge in [-0.15, -0.1) is 0 Å². The standard InChI is InChI=1S/C23H33N3O2/c1-2-24-22(25-14-9-18-10-15-27-16-11-18)26-20-17-23(12-5-6-13-23)28-21-8-4-3-7-19(20)21/h3-4,7-8,10,20H,2,5-6,9,11-17H2,1H3,(H2,24,25,26). The molecular weight excluding hydrogens is 350 g/mol. The lowest BCUT2D eigenvalue weighted by Crippen LogP contribution is -2.46. The Hall–Kier alpha value is -2.01. The van der Waals surface area contributed by atoms with Gasteiger partial charge in [0.1, 0.15) is 11.4 Å². The summed E-state index contributed by atoms with van der Waals surface area (Å²) in [5.41, 5.74) is 2.71. The first kappa shape index (κ1) is 19.3. The van der Waals surface area contributed by atoms with Gasteiger partial charge in [-0.3, -0.25) is 4.99 Å². The maximum absolute atomic E-state index is 6.49. The molecule has 1 aliphatic carbocycles. The van der Waals surface area contributed by atoms with Crippen molar-refractivity contribution in [3.63, 3.8) is 0 Å². The van der Waals surface area contributed by atoms with Crippen LogP contribution in [0.5, 0.6) is 5.75 Å². The van der Waals surface area contributed by atoms with E-state index < -0.39 is 0 Å². The monoisotopic (exact) mass is 383 g/mol. The lowest BCUT2D eigenvalue weighted by molar-refractivity contribution is 0.0396. The number of benzene rings is 1. The van der Waals surface area contributed by atoms with Crippen molar-refractivity contribution in [2.24, 2.45) is 4.99 Å². The molecule has 5 nitrogen and oxygen atoms in total. The van der Waals surface area contributed by atoms with Crippen molar-refractivity contribution in [2.45, 2.75) is 63.5 Å². The molecule has 1 spiro atoms. The minimum absolute atomic E-state index is 0.00372. The molecule has 1 aromatic carbocycles. The Balaban J connectivity index is 1.47. The normalized spacial score (nSPS) is 23.7. The molecule has 1 fully saturated rings. The van der Waals surface area contributed by atoms with Gasteiger partial charge in [-0.1, -0.05) is 29.8 Å². The number of para-hydroxylation sites is 1. The van der Waals surface area contributed by atoms with Gasteiger partial charge in [0.15, 0.2) is 5.96 Å². The third-order valence-electron chi connectivity index (χ3n) is 6.13. The summed E-state index contributed by atoms with van der Waals surface area (Å²) >= 11 is 0. The summed E-state index contributed by atoms with van der Waals surface area (Å²) in [5, 5.41) is 7.15. The molecule has 3 aliphatic rings. The van der Waals surface area contributed by atoms with Crippen LogP contribution in [0.2, 0.25) is 0 Å². The van der Waals surface area contributed by atoms with E-state index in [1.54, 1.807) is 0 Å². The second-order valence-electron chi connectivity index (χ2n) is 8.13. The molecule has 1 aromatic rings. The highest BCUT2D eigenvalue weighted by Crippen LogP contribution is 2.46. The van der Waals surface area contributed by atoms with Gasteiger partial charge in [0.05, 0.1) is 19.3 Å². The average molecular weight is 384 g/mol. The number of guanidine groups is 1. The fourth-order valence-electron chi connectivity index (χ4n) is 4.66. The molecule has 0 bridgehead atoms. The first-order valence-electron chi connectivity index (χ1n) is 10.9. The minimum Gasteiger partial charge on any atom is -0.487 e. The molecule has 5 heteroatoms. The highest BCUT2D eigenvalue weighted by Gasteiger charge is 2.43. The molecule has 152 valence electrons. The SMILES string of the molecule is CCNC(=NCCC1=CCOCC1)NC1CC2(CCCC2)Oc2ccccc21. The molecule has 0 saturated heterocycles. The highest BCUT2D eigenvalue weighted by molar-refractivity contribution is 5.80. The molecule has 2 aliphatic heterocycles. The van der Waals surface area contributed by atoms with E-state index in [-0.39, 0.29) is 11.6 Å². The van der Waals surface area contributed by atoms with Gasteiger partial charge in [-0.25, -0.2) is 0 Å². The van der Waals surface area contributed by atoms with Gasteiger partial charge in [0.2, 0.25) is 0 Å². The van der Waals surface area contributed by atoms with Crippen LogP contribution in [0, 0.1) is 0 Å². The van der Waals surface area contributed by atoms with Gasteiger partial charge >= 0.3 is 0 Å². The molecule has 1 saturated carbocycles. The summed E-state index contributed by atoms with van der Waals surface area (Å²) in [4.78, 5) is 4.86. The zero-order valence-corrected chi connectivity index (χ0v) is 17.0. The van der Waals surface area contributed by atoms with Crippen molar-refractivity contribution in [3.8, 4) is 5.75 Å². The first-order chi connectivity index (χ1) is 13.8. The second-order valence-corrected chi connectivity index (χ2v) is 8.13. The maximum atomic E-state index is 6.49. The molecular formula is C23H33N3O2. The van der Waals surface area contributed by atoms with Gasteiger partial charge in [0, 0.05) is 25.1 Å². The van der Waals surface area contributed by atoms with Gasteiger partial charge < -0.3 is 20.1 Å². The molecule has 4 rings (SSSR count). The van der Waals surface area contributed by atoms with Gasteiger partial charge in [-0.2, -0.15) is 0 Å². The number of fused-ring (bicyclic) bond motifs is 1. The van der Waals surface area contributed by atoms with Crippen molar-refractivity contribution >= 4 is 5.96 Å². The summed E-state index contributed by atoms with van der Waals surface area (Å²) < 4.78 is 11.9. The number of rotatable bonds is 5. The van der Waals surface area contributed by atoms with E-state index in [1.807, 2.05) is 0 Å². The fraction of sp³-hybridized carbons (Fsp3) is 0.609. The summed E-state index contributed by atoms with van der Waals surface area (Å²) in [7, 11) is 0. The van der Waals surface area contributed by atoms with Crippen molar-refractivity contribution < 1.29 is 9.47 Å². The van der Waals surface area contributed by atoms with Crippen LogP contribution in [0.15, 0.2) is 40.9 Å².